The van der Waals surface area contributed by atoms with Gasteiger partial charge in [-0.05, 0) is 30.3 Å². The number of hydrogen-bond donors (Lipinski definition) is 1. The van der Waals surface area contributed by atoms with Crippen LogP contribution in [0.25, 0.3) is 10.9 Å². The van der Waals surface area contributed by atoms with Crippen molar-refractivity contribution in [3.05, 3.63) is 107 Å². The lowest BCUT2D eigenvalue weighted by Crippen LogP contribution is -2.20. The number of rotatable bonds is 5. The summed E-state index contributed by atoms with van der Waals surface area (Å²) in [6.07, 6.45) is -4.22. The van der Waals surface area contributed by atoms with Crippen molar-refractivity contribution in [3.8, 4) is 0 Å². The first kappa shape index (κ1) is 20.4. The minimum Gasteiger partial charge on any atom is -0.445 e. The molecular weight excluding hydrogens is 407 g/mol. The maximum Gasteiger partial charge on any atom is 0.416 e. The summed E-state index contributed by atoms with van der Waals surface area (Å²) in [7, 11) is 0. The number of esters is 1. The molecule has 0 radical (unpaired) electrons. The van der Waals surface area contributed by atoms with E-state index in [-0.39, 0.29) is 5.56 Å². The fourth-order valence-electron chi connectivity index (χ4n) is 3.29. The molecule has 0 aliphatic heterocycles. The van der Waals surface area contributed by atoms with Gasteiger partial charge < -0.3 is 9.72 Å². The molecule has 4 aromatic rings. The molecular formula is C24H16F3NO3. The van der Waals surface area contributed by atoms with Crippen LogP contribution in [0.2, 0.25) is 0 Å². The molecule has 1 heterocycles. The van der Waals surface area contributed by atoms with Gasteiger partial charge in [-0.2, -0.15) is 13.2 Å². The average molecular weight is 423 g/mol. The standard InChI is InChI=1S/C24H16F3NO3/c25-24(26,27)17-12-10-16(11-13-17)23(30)31-22(15-6-2-1-3-7-15)21(29)19-14-28-20-9-5-4-8-18(19)20/h1-14,22,28H. The van der Waals surface area contributed by atoms with Gasteiger partial charge in [-0.15, -0.1) is 0 Å². The third-order valence-corrected chi connectivity index (χ3v) is 4.87. The molecule has 0 bridgehead atoms. The Labute approximate surface area is 175 Å². The molecule has 156 valence electrons. The van der Waals surface area contributed by atoms with Crippen molar-refractivity contribution in [1.29, 1.82) is 0 Å². The number of hydrogen-bond acceptors (Lipinski definition) is 3. The number of para-hydroxylation sites is 1. The number of alkyl halides is 3. The molecule has 0 aliphatic rings. The second-order valence-corrected chi connectivity index (χ2v) is 6.88. The van der Waals surface area contributed by atoms with Crippen molar-refractivity contribution in [2.75, 3.05) is 0 Å². The van der Waals surface area contributed by atoms with E-state index < -0.39 is 29.6 Å². The number of fused-ring (bicyclic) bond motifs is 1. The first-order valence-electron chi connectivity index (χ1n) is 9.38. The summed E-state index contributed by atoms with van der Waals surface area (Å²) in [5, 5.41) is 0.680. The van der Waals surface area contributed by atoms with E-state index in [1.54, 1.807) is 48.7 Å². The minimum absolute atomic E-state index is 0.0827. The molecule has 0 saturated heterocycles. The molecule has 1 atom stereocenters. The van der Waals surface area contributed by atoms with Crippen LogP contribution in [0.4, 0.5) is 13.2 Å². The van der Waals surface area contributed by atoms with Crippen molar-refractivity contribution in [1.82, 2.24) is 4.98 Å². The zero-order chi connectivity index (χ0) is 22.0. The third-order valence-electron chi connectivity index (χ3n) is 4.87. The predicted molar refractivity (Wildman–Crippen MR) is 109 cm³/mol. The van der Waals surface area contributed by atoms with Gasteiger partial charge in [0.15, 0.2) is 6.10 Å². The van der Waals surface area contributed by atoms with Crippen LogP contribution >= 0.6 is 0 Å². The summed E-state index contributed by atoms with van der Waals surface area (Å²) < 4.78 is 43.8. The van der Waals surface area contributed by atoms with Gasteiger partial charge in [-0.3, -0.25) is 4.79 Å². The number of carbonyl (C=O) groups is 2. The number of aromatic amines is 1. The Balaban J connectivity index is 1.66. The molecule has 31 heavy (non-hydrogen) atoms. The van der Waals surface area contributed by atoms with Gasteiger partial charge >= 0.3 is 12.1 Å². The molecule has 4 nitrogen and oxygen atoms in total. The van der Waals surface area contributed by atoms with Crippen LogP contribution in [0, 0.1) is 0 Å². The van der Waals surface area contributed by atoms with Crippen LogP contribution < -0.4 is 0 Å². The van der Waals surface area contributed by atoms with Crippen LogP contribution in [0.3, 0.4) is 0 Å². The van der Waals surface area contributed by atoms with Crippen molar-refractivity contribution >= 4 is 22.7 Å². The number of carbonyl (C=O) groups excluding carboxylic acids is 2. The number of aromatic nitrogens is 1. The highest BCUT2D eigenvalue weighted by Crippen LogP contribution is 2.30. The van der Waals surface area contributed by atoms with E-state index in [0.29, 0.717) is 16.5 Å². The zero-order valence-corrected chi connectivity index (χ0v) is 16.0. The molecule has 0 aliphatic carbocycles. The SMILES string of the molecule is O=C(OC(C(=O)c1c[nH]c2ccccc12)c1ccccc1)c1ccc(C(F)(F)F)cc1. The van der Waals surface area contributed by atoms with Gasteiger partial charge in [-0.25, -0.2) is 4.79 Å². The fraction of sp³-hybridized carbons (Fsp3) is 0.0833. The molecule has 0 saturated carbocycles. The lowest BCUT2D eigenvalue weighted by atomic mass is 9.99. The highest BCUT2D eigenvalue weighted by Gasteiger charge is 2.31. The Morgan fingerprint density at radius 1 is 0.839 bits per heavy atom. The van der Waals surface area contributed by atoms with Gasteiger partial charge in [0.25, 0.3) is 0 Å². The molecule has 0 spiro atoms. The number of Topliss-reactive ketones (excluding diaryl/α,β-unsaturated/α-hetero) is 1. The Hall–Kier alpha value is -3.87. The Morgan fingerprint density at radius 2 is 1.48 bits per heavy atom. The lowest BCUT2D eigenvalue weighted by Gasteiger charge is -2.17. The number of ether oxygens (including phenoxy) is 1. The van der Waals surface area contributed by atoms with Crippen molar-refractivity contribution < 1.29 is 27.5 Å². The van der Waals surface area contributed by atoms with Crippen molar-refractivity contribution in [2.45, 2.75) is 12.3 Å². The molecule has 7 heteroatoms. The molecule has 3 aromatic carbocycles. The smallest absolute Gasteiger partial charge is 0.416 e. The predicted octanol–water partition coefficient (Wildman–Crippen LogP) is 5.97. The minimum atomic E-state index is -4.51. The van der Waals surface area contributed by atoms with Gasteiger partial charge in [0.2, 0.25) is 5.78 Å². The highest BCUT2D eigenvalue weighted by atomic mass is 19.4. The maximum atomic E-state index is 13.3. The summed E-state index contributed by atoms with van der Waals surface area (Å²) in [6, 6.07) is 19.3. The van der Waals surface area contributed by atoms with Crippen molar-refractivity contribution in [2.24, 2.45) is 0 Å². The summed E-state index contributed by atoms with van der Waals surface area (Å²) >= 11 is 0. The normalized spacial score (nSPS) is 12.5. The van der Waals surface area contributed by atoms with Gasteiger partial charge in [0.1, 0.15) is 0 Å². The monoisotopic (exact) mass is 423 g/mol. The van der Waals surface area contributed by atoms with Gasteiger partial charge in [0, 0.05) is 28.2 Å². The van der Waals surface area contributed by atoms with Crippen LogP contribution in [-0.2, 0) is 10.9 Å². The van der Waals surface area contributed by atoms with Crippen LogP contribution in [0.1, 0.15) is 37.9 Å². The van der Waals surface area contributed by atoms with Crippen LogP contribution in [0.5, 0.6) is 0 Å². The Bertz CT molecular complexity index is 1230. The lowest BCUT2D eigenvalue weighted by molar-refractivity contribution is -0.137. The summed E-state index contributed by atoms with van der Waals surface area (Å²) in [5.74, 6) is -1.33. The summed E-state index contributed by atoms with van der Waals surface area (Å²) in [5.41, 5.74) is 0.605. The molecule has 0 amide bonds. The highest BCUT2D eigenvalue weighted by molar-refractivity contribution is 6.11. The second kappa shape index (κ2) is 8.10. The van der Waals surface area contributed by atoms with Crippen LogP contribution in [-0.4, -0.2) is 16.7 Å². The summed E-state index contributed by atoms with van der Waals surface area (Å²) in [6.45, 7) is 0. The molecule has 4 rings (SSSR count). The zero-order valence-electron chi connectivity index (χ0n) is 16.0. The van der Waals surface area contributed by atoms with E-state index in [0.717, 1.165) is 29.8 Å². The number of halogens is 3. The van der Waals surface area contributed by atoms with Crippen LogP contribution in [0.15, 0.2) is 85.1 Å². The fourth-order valence-corrected chi connectivity index (χ4v) is 3.29. The van der Waals surface area contributed by atoms with Gasteiger partial charge in [0.05, 0.1) is 11.1 Å². The Kier molecular flexibility index (Phi) is 5.33. The summed E-state index contributed by atoms with van der Waals surface area (Å²) in [4.78, 5) is 29.0. The first-order chi connectivity index (χ1) is 14.8. The quantitative estimate of drug-likeness (QED) is 0.318. The van der Waals surface area contributed by atoms with E-state index >= 15 is 0 Å². The first-order valence-corrected chi connectivity index (χ1v) is 9.38. The van der Waals surface area contributed by atoms with E-state index in [4.69, 9.17) is 4.74 Å². The van der Waals surface area contributed by atoms with E-state index in [1.165, 1.54) is 0 Å². The van der Waals surface area contributed by atoms with Gasteiger partial charge in [-0.1, -0.05) is 48.5 Å². The number of benzene rings is 3. The molecule has 0 fully saturated rings. The number of nitrogens with one attached hydrogen (secondary N) is 1. The van der Waals surface area contributed by atoms with Crippen molar-refractivity contribution in [3.63, 3.8) is 0 Å². The number of H-pyrrole nitrogens is 1. The topological polar surface area (TPSA) is 59.2 Å². The van der Waals surface area contributed by atoms with E-state index in [9.17, 15) is 22.8 Å². The second-order valence-electron chi connectivity index (χ2n) is 6.88. The Morgan fingerprint density at radius 3 is 2.16 bits per heavy atom. The molecule has 1 N–H and O–H groups in total. The van der Waals surface area contributed by atoms with E-state index in [1.807, 2.05) is 12.1 Å². The third kappa shape index (κ3) is 4.21. The van der Waals surface area contributed by atoms with E-state index in [2.05, 4.69) is 4.98 Å². The number of ketones is 1. The maximum absolute atomic E-state index is 13.3. The average Bonchev–Trinajstić information content (AvgIpc) is 3.21. The largest absolute Gasteiger partial charge is 0.445 e. The molecule has 1 unspecified atom stereocenters. The molecule has 1 aromatic heterocycles.